The van der Waals surface area contributed by atoms with Gasteiger partial charge in [-0.15, -0.1) is 0 Å². The number of hydrogen-bond donors (Lipinski definition) is 0. The maximum absolute atomic E-state index is 13.4. The van der Waals surface area contributed by atoms with Crippen molar-refractivity contribution < 1.29 is 9.53 Å². The van der Waals surface area contributed by atoms with Crippen molar-refractivity contribution in [3.8, 4) is 0 Å². The maximum atomic E-state index is 13.4. The Labute approximate surface area is 198 Å². The first-order chi connectivity index (χ1) is 14.6. The van der Waals surface area contributed by atoms with Crippen LogP contribution in [0.2, 0.25) is 0 Å². The van der Waals surface area contributed by atoms with E-state index in [1.165, 1.54) is 83.5 Å². The first kappa shape index (κ1) is 23.3. The Kier molecular flexibility index (Phi) is 8.44. The summed E-state index contributed by atoms with van der Waals surface area (Å²) in [5.41, 5.74) is 0. The minimum atomic E-state index is 0.121. The van der Waals surface area contributed by atoms with Crippen LogP contribution >= 0.6 is 22.6 Å². The monoisotopic (exact) mass is 529 g/mol. The second kappa shape index (κ2) is 10.9. The van der Waals surface area contributed by atoms with E-state index in [4.69, 9.17) is 4.74 Å². The topological polar surface area (TPSA) is 29.5 Å². The molecule has 4 aliphatic rings. The first-order valence-electron chi connectivity index (χ1n) is 13.1. The Bertz CT molecular complexity index is 563. The summed E-state index contributed by atoms with van der Waals surface area (Å²) in [7, 11) is 2.26. The molecular formula is C26H44INO2. The lowest BCUT2D eigenvalue weighted by Crippen LogP contribution is -2.52. The largest absolute Gasteiger partial charge is 0.465 e. The molecule has 30 heavy (non-hydrogen) atoms. The summed E-state index contributed by atoms with van der Waals surface area (Å²) >= 11 is 2.71. The summed E-state index contributed by atoms with van der Waals surface area (Å²) < 4.78 is 6.78. The molecule has 0 aromatic rings. The van der Waals surface area contributed by atoms with Crippen LogP contribution in [0.3, 0.4) is 0 Å². The fraction of sp³-hybridized carbons (Fsp3) is 0.962. The van der Waals surface area contributed by atoms with Gasteiger partial charge in [-0.1, -0.05) is 68.0 Å². The summed E-state index contributed by atoms with van der Waals surface area (Å²) in [4.78, 5) is 15.9. The van der Waals surface area contributed by atoms with Gasteiger partial charge in [-0.25, -0.2) is 0 Å². The van der Waals surface area contributed by atoms with E-state index >= 15 is 0 Å². The molecule has 3 nitrogen and oxygen atoms in total. The predicted molar refractivity (Wildman–Crippen MR) is 132 cm³/mol. The zero-order valence-electron chi connectivity index (χ0n) is 19.4. The molecule has 0 aromatic carbocycles. The molecule has 2 saturated heterocycles. The quantitative estimate of drug-likeness (QED) is 0.161. The van der Waals surface area contributed by atoms with E-state index in [2.05, 4.69) is 41.5 Å². The standard InChI is InChI=1S/C26H44INO2/c1-3-19-11-12-20(16-23(19)27)22-17-21-13-14-24(28(21)2)25(22)26(29)30-15-7-10-18-8-5-4-6-9-18/h18-25H,3-17H2,1-2H3/t19?,20?,21-,22-,23?,24?,25?/m1/s1. The molecule has 7 atom stereocenters. The minimum Gasteiger partial charge on any atom is -0.465 e. The number of carbonyl (C=O) groups is 1. The van der Waals surface area contributed by atoms with Crippen LogP contribution in [0, 0.1) is 29.6 Å². The zero-order chi connectivity index (χ0) is 21.1. The van der Waals surface area contributed by atoms with Crippen LogP contribution in [0.25, 0.3) is 0 Å². The first-order valence-corrected chi connectivity index (χ1v) is 14.4. The van der Waals surface area contributed by atoms with Crippen molar-refractivity contribution >= 4 is 28.6 Å². The number of hydrogen-bond acceptors (Lipinski definition) is 3. The van der Waals surface area contributed by atoms with E-state index in [1.807, 2.05) is 0 Å². The Morgan fingerprint density at radius 2 is 1.83 bits per heavy atom. The molecule has 172 valence electrons. The molecule has 5 unspecified atom stereocenters. The van der Waals surface area contributed by atoms with E-state index in [-0.39, 0.29) is 11.9 Å². The number of alkyl halides is 1. The highest BCUT2D eigenvalue weighted by atomic mass is 127. The number of piperidine rings is 1. The molecule has 0 amide bonds. The van der Waals surface area contributed by atoms with Gasteiger partial charge in [-0.05, 0) is 82.1 Å². The number of esters is 1. The summed E-state index contributed by atoms with van der Waals surface area (Å²) in [6.45, 7) is 3.00. The van der Waals surface area contributed by atoms with Crippen molar-refractivity contribution in [1.82, 2.24) is 4.90 Å². The van der Waals surface area contributed by atoms with Gasteiger partial charge in [-0.2, -0.15) is 0 Å². The van der Waals surface area contributed by atoms with Gasteiger partial charge in [0.25, 0.3) is 0 Å². The summed E-state index contributed by atoms with van der Waals surface area (Å²) in [6.07, 6.45) is 18.3. The minimum absolute atomic E-state index is 0.121. The third-order valence-electron chi connectivity index (χ3n) is 9.39. The van der Waals surface area contributed by atoms with E-state index in [0.717, 1.165) is 28.1 Å². The lowest BCUT2D eigenvalue weighted by Gasteiger charge is -2.47. The second-order valence-electron chi connectivity index (χ2n) is 11.0. The molecule has 2 aliphatic carbocycles. The Hall–Kier alpha value is 0.160. The van der Waals surface area contributed by atoms with E-state index in [9.17, 15) is 4.79 Å². The van der Waals surface area contributed by atoms with Crippen molar-refractivity contribution in [2.24, 2.45) is 29.6 Å². The molecule has 0 N–H and O–H groups in total. The normalized spacial score (nSPS) is 40.4. The van der Waals surface area contributed by atoms with Gasteiger partial charge in [0.15, 0.2) is 0 Å². The Balaban J connectivity index is 1.34. The molecule has 4 fully saturated rings. The molecular weight excluding hydrogens is 485 g/mol. The SMILES string of the molecule is CCC1CCC([C@H]2C[C@H]3CCC(C2C(=O)OCCCC2CCCCC2)N3C)CC1I. The Morgan fingerprint density at radius 3 is 2.57 bits per heavy atom. The van der Waals surface area contributed by atoms with Gasteiger partial charge in [0.2, 0.25) is 0 Å². The number of nitrogens with zero attached hydrogens (tertiary/aromatic N) is 1. The lowest BCUT2D eigenvalue weighted by atomic mass is 9.66. The molecule has 0 aromatic heterocycles. The van der Waals surface area contributed by atoms with Crippen molar-refractivity contribution in [3.05, 3.63) is 0 Å². The highest BCUT2D eigenvalue weighted by Crippen LogP contribution is 2.50. The van der Waals surface area contributed by atoms with Gasteiger partial charge in [0.05, 0.1) is 12.5 Å². The number of ether oxygens (including phenoxy) is 1. The average molecular weight is 530 g/mol. The summed E-state index contributed by atoms with van der Waals surface area (Å²) in [6, 6.07) is 1.13. The number of rotatable bonds is 7. The van der Waals surface area contributed by atoms with Crippen molar-refractivity contribution in [1.29, 1.82) is 0 Å². The van der Waals surface area contributed by atoms with E-state index in [1.54, 1.807) is 0 Å². The van der Waals surface area contributed by atoms with Gasteiger partial charge in [0.1, 0.15) is 0 Å². The number of halogens is 1. The Morgan fingerprint density at radius 1 is 1.03 bits per heavy atom. The van der Waals surface area contributed by atoms with Gasteiger partial charge >= 0.3 is 5.97 Å². The third kappa shape index (κ3) is 5.21. The van der Waals surface area contributed by atoms with Crippen LogP contribution in [0.4, 0.5) is 0 Å². The smallest absolute Gasteiger partial charge is 0.310 e. The molecule has 0 spiro atoms. The molecule has 0 radical (unpaired) electrons. The van der Waals surface area contributed by atoms with Gasteiger partial charge in [-0.3, -0.25) is 9.69 Å². The molecule has 2 bridgehead atoms. The lowest BCUT2D eigenvalue weighted by molar-refractivity contribution is -0.157. The maximum Gasteiger partial charge on any atom is 0.310 e. The highest BCUT2D eigenvalue weighted by molar-refractivity contribution is 14.1. The van der Waals surface area contributed by atoms with Crippen LogP contribution in [-0.2, 0) is 9.53 Å². The van der Waals surface area contributed by atoms with Gasteiger partial charge in [0, 0.05) is 16.0 Å². The molecule has 2 heterocycles. The molecule has 4 rings (SSSR count). The number of fused-ring (bicyclic) bond motifs is 2. The van der Waals surface area contributed by atoms with Crippen molar-refractivity contribution in [2.75, 3.05) is 13.7 Å². The number of carbonyl (C=O) groups excluding carboxylic acids is 1. The third-order valence-corrected chi connectivity index (χ3v) is 10.9. The summed E-state index contributed by atoms with van der Waals surface area (Å²) in [5, 5.41) is 0. The molecule has 2 saturated carbocycles. The zero-order valence-corrected chi connectivity index (χ0v) is 21.5. The van der Waals surface area contributed by atoms with E-state index < -0.39 is 0 Å². The van der Waals surface area contributed by atoms with Crippen LogP contribution < -0.4 is 0 Å². The highest BCUT2D eigenvalue weighted by Gasteiger charge is 2.52. The van der Waals surface area contributed by atoms with Crippen molar-refractivity contribution in [2.45, 2.75) is 113 Å². The van der Waals surface area contributed by atoms with Crippen LogP contribution in [0.15, 0.2) is 0 Å². The molecule has 2 aliphatic heterocycles. The van der Waals surface area contributed by atoms with Crippen LogP contribution in [-0.4, -0.2) is 40.5 Å². The fourth-order valence-corrected chi connectivity index (χ4v) is 9.02. The second-order valence-corrected chi connectivity index (χ2v) is 12.6. The fourth-order valence-electron chi connectivity index (χ4n) is 7.50. The average Bonchev–Trinajstić information content (AvgIpc) is 2.99. The van der Waals surface area contributed by atoms with Crippen molar-refractivity contribution in [3.63, 3.8) is 0 Å². The van der Waals surface area contributed by atoms with Gasteiger partial charge < -0.3 is 4.74 Å². The van der Waals surface area contributed by atoms with E-state index in [0.29, 0.717) is 24.6 Å². The molecule has 4 heteroatoms. The van der Waals surface area contributed by atoms with Crippen LogP contribution in [0.1, 0.15) is 96.8 Å². The predicted octanol–water partition coefficient (Wildman–Crippen LogP) is 6.62. The van der Waals surface area contributed by atoms with Crippen LogP contribution in [0.5, 0.6) is 0 Å². The summed E-state index contributed by atoms with van der Waals surface area (Å²) in [5.74, 6) is 3.32.